The molecule has 0 heterocycles. The van der Waals surface area contributed by atoms with Gasteiger partial charge in [-0.25, -0.2) is 0 Å². The molecular weight excluding hydrogens is 268 g/mol. The van der Waals surface area contributed by atoms with Gasteiger partial charge in [0.05, 0.1) is 0 Å². The zero-order chi connectivity index (χ0) is 15.9. The minimum absolute atomic E-state index is 0.0676. The minimum atomic E-state index is -0.215. The highest BCUT2D eigenvalue weighted by Crippen LogP contribution is 2.10. The van der Waals surface area contributed by atoms with Gasteiger partial charge in [0.1, 0.15) is 0 Å². The van der Waals surface area contributed by atoms with Crippen molar-refractivity contribution in [2.75, 3.05) is 6.54 Å². The predicted octanol–water partition coefficient (Wildman–Crippen LogP) is 2.77. The van der Waals surface area contributed by atoms with E-state index in [-0.39, 0.29) is 11.8 Å². The molecule has 21 heavy (non-hydrogen) atoms. The molecule has 0 unspecified atom stereocenters. The molecule has 0 saturated heterocycles. The summed E-state index contributed by atoms with van der Waals surface area (Å²) in [4.78, 5) is 34.2. The normalized spacial score (nSPS) is 10.3. The largest absolute Gasteiger partial charge is 0.370 e. The van der Waals surface area contributed by atoms with E-state index in [1.54, 1.807) is 0 Å². The second kappa shape index (κ2) is 13.6. The van der Waals surface area contributed by atoms with Crippen molar-refractivity contribution < 1.29 is 14.4 Å². The average Bonchev–Trinajstić information content (AvgIpc) is 2.44. The van der Waals surface area contributed by atoms with Gasteiger partial charge < -0.3 is 5.73 Å². The summed E-state index contributed by atoms with van der Waals surface area (Å²) in [6, 6.07) is 0. The van der Waals surface area contributed by atoms with E-state index in [0.29, 0.717) is 25.8 Å². The standard InChI is InChI=1S/C16H30N2O3/c1-2-11-16(21)18(14-19)13-10-8-6-4-3-5-7-9-12-15(17)20/h14H,2-13H2,1H3,(H2,17,20). The van der Waals surface area contributed by atoms with E-state index in [4.69, 9.17) is 5.73 Å². The molecule has 0 aromatic heterocycles. The van der Waals surface area contributed by atoms with Crippen LogP contribution in [0.3, 0.4) is 0 Å². The molecule has 0 aromatic rings. The van der Waals surface area contributed by atoms with Crippen LogP contribution < -0.4 is 5.73 Å². The van der Waals surface area contributed by atoms with Gasteiger partial charge >= 0.3 is 0 Å². The van der Waals surface area contributed by atoms with Crippen LogP contribution >= 0.6 is 0 Å². The van der Waals surface area contributed by atoms with Gasteiger partial charge in [0.2, 0.25) is 18.2 Å². The molecule has 0 aliphatic rings. The van der Waals surface area contributed by atoms with Crippen molar-refractivity contribution in [3.05, 3.63) is 0 Å². The Hall–Kier alpha value is -1.39. The minimum Gasteiger partial charge on any atom is -0.370 e. The lowest BCUT2D eigenvalue weighted by atomic mass is 10.1. The predicted molar refractivity (Wildman–Crippen MR) is 83.4 cm³/mol. The van der Waals surface area contributed by atoms with Crippen molar-refractivity contribution in [1.29, 1.82) is 0 Å². The number of hydrogen-bond donors (Lipinski definition) is 1. The number of primary amides is 1. The number of rotatable bonds is 14. The lowest BCUT2D eigenvalue weighted by Crippen LogP contribution is -2.30. The lowest BCUT2D eigenvalue weighted by Gasteiger charge is -2.14. The molecule has 0 aliphatic carbocycles. The number of nitrogens with zero attached hydrogens (tertiary/aromatic N) is 1. The summed E-state index contributed by atoms with van der Waals surface area (Å²) in [5.41, 5.74) is 5.07. The molecule has 0 radical (unpaired) electrons. The van der Waals surface area contributed by atoms with Crippen LogP contribution in [0.25, 0.3) is 0 Å². The summed E-state index contributed by atoms with van der Waals surface area (Å²) in [6.07, 6.45) is 10.9. The van der Waals surface area contributed by atoms with Crippen LogP contribution in [0.4, 0.5) is 0 Å². The smallest absolute Gasteiger partial charge is 0.228 e. The molecule has 0 fully saturated rings. The van der Waals surface area contributed by atoms with Crippen LogP contribution in [0.15, 0.2) is 0 Å². The second-order valence-electron chi connectivity index (χ2n) is 5.49. The molecule has 0 spiro atoms. The Morgan fingerprint density at radius 3 is 1.90 bits per heavy atom. The fourth-order valence-electron chi connectivity index (χ4n) is 2.24. The maximum absolute atomic E-state index is 11.6. The summed E-state index contributed by atoms with van der Waals surface area (Å²) in [5.74, 6) is -0.283. The molecule has 0 rings (SSSR count). The van der Waals surface area contributed by atoms with E-state index in [0.717, 1.165) is 44.9 Å². The van der Waals surface area contributed by atoms with Gasteiger partial charge in [-0.1, -0.05) is 45.4 Å². The van der Waals surface area contributed by atoms with Gasteiger partial charge in [0.25, 0.3) is 0 Å². The van der Waals surface area contributed by atoms with Crippen LogP contribution in [-0.4, -0.2) is 29.7 Å². The number of carbonyl (C=O) groups is 3. The molecular formula is C16H30N2O3. The van der Waals surface area contributed by atoms with E-state index in [2.05, 4.69) is 0 Å². The highest BCUT2D eigenvalue weighted by molar-refractivity contribution is 5.85. The summed E-state index contributed by atoms with van der Waals surface area (Å²) >= 11 is 0. The number of amides is 3. The Balaban J connectivity index is 3.40. The van der Waals surface area contributed by atoms with Gasteiger partial charge in [-0.2, -0.15) is 0 Å². The highest BCUT2D eigenvalue weighted by Gasteiger charge is 2.10. The van der Waals surface area contributed by atoms with Crippen LogP contribution in [0.2, 0.25) is 0 Å². The zero-order valence-corrected chi connectivity index (χ0v) is 13.3. The first-order valence-electron chi connectivity index (χ1n) is 8.14. The SMILES string of the molecule is CCCC(=O)N(C=O)CCCCCCCCCCC(N)=O. The molecule has 0 aromatic carbocycles. The van der Waals surface area contributed by atoms with Gasteiger partial charge in [-0.05, 0) is 19.3 Å². The third-order valence-corrected chi connectivity index (χ3v) is 3.48. The molecule has 0 aliphatic heterocycles. The summed E-state index contributed by atoms with van der Waals surface area (Å²) in [6.45, 7) is 2.48. The van der Waals surface area contributed by atoms with Crippen molar-refractivity contribution in [3.63, 3.8) is 0 Å². The summed E-state index contributed by atoms with van der Waals surface area (Å²) < 4.78 is 0. The summed E-state index contributed by atoms with van der Waals surface area (Å²) in [7, 11) is 0. The molecule has 122 valence electrons. The van der Waals surface area contributed by atoms with Crippen LogP contribution in [0.5, 0.6) is 0 Å². The van der Waals surface area contributed by atoms with E-state index in [9.17, 15) is 14.4 Å². The topological polar surface area (TPSA) is 80.5 Å². The number of nitrogens with two attached hydrogens (primary N) is 1. The van der Waals surface area contributed by atoms with Crippen molar-refractivity contribution in [2.45, 2.75) is 77.6 Å². The van der Waals surface area contributed by atoms with Crippen molar-refractivity contribution >= 4 is 18.2 Å². The van der Waals surface area contributed by atoms with Gasteiger partial charge in [0.15, 0.2) is 0 Å². The quantitative estimate of drug-likeness (QED) is 0.395. The Labute approximate surface area is 128 Å². The Kier molecular flexibility index (Phi) is 12.7. The second-order valence-corrected chi connectivity index (χ2v) is 5.49. The number of carbonyl (C=O) groups excluding carboxylic acids is 3. The van der Waals surface area contributed by atoms with Crippen LogP contribution in [0, 0.1) is 0 Å². The van der Waals surface area contributed by atoms with Crippen LogP contribution in [0.1, 0.15) is 77.6 Å². The molecule has 3 amide bonds. The fourth-order valence-corrected chi connectivity index (χ4v) is 2.24. The molecule has 0 saturated carbocycles. The summed E-state index contributed by atoms with van der Waals surface area (Å²) in [5, 5.41) is 0. The van der Waals surface area contributed by atoms with Crippen molar-refractivity contribution in [1.82, 2.24) is 4.90 Å². The van der Waals surface area contributed by atoms with E-state index in [1.165, 1.54) is 17.7 Å². The lowest BCUT2D eigenvalue weighted by molar-refractivity contribution is -0.138. The van der Waals surface area contributed by atoms with Gasteiger partial charge in [0, 0.05) is 19.4 Å². The molecule has 2 N–H and O–H groups in total. The first-order valence-corrected chi connectivity index (χ1v) is 8.14. The third-order valence-electron chi connectivity index (χ3n) is 3.48. The fraction of sp³-hybridized carbons (Fsp3) is 0.812. The monoisotopic (exact) mass is 298 g/mol. The Bertz CT molecular complexity index is 306. The van der Waals surface area contributed by atoms with Crippen LogP contribution in [-0.2, 0) is 14.4 Å². The van der Waals surface area contributed by atoms with Crippen molar-refractivity contribution in [2.24, 2.45) is 5.73 Å². The third kappa shape index (κ3) is 12.1. The molecule has 5 heteroatoms. The Morgan fingerprint density at radius 2 is 1.43 bits per heavy atom. The van der Waals surface area contributed by atoms with E-state index < -0.39 is 0 Å². The zero-order valence-electron chi connectivity index (χ0n) is 13.3. The van der Waals surface area contributed by atoms with Gasteiger partial charge in [-0.15, -0.1) is 0 Å². The van der Waals surface area contributed by atoms with E-state index >= 15 is 0 Å². The molecule has 0 bridgehead atoms. The number of unbranched alkanes of at least 4 members (excludes halogenated alkanes) is 7. The molecule has 0 atom stereocenters. The number of imide groups is 1. The first-order chi connectivity index (χ1) is 10.1. The van der Waals surface area contributed by atoms with Crippen molar-refractivity contribution in [3.8, 4) is 0 Å². The maximum Gasteiger partial charge on any atom is 0.228 e. The first kappa shape index (κ1) is 19.6. The molecule has 5 nitrogen and oxygen atoms in total. The average molecular weight is 298 g/mol. The Morgan fingerprint density at radius 1 is 0.905 bits per heavy atom. The maximum atomic E-state index is 11.6. The van der Waals surface area contributed by atoms with E-state index in [1.807, 2.05) is 6.92 Å². The van der Waals surface area contributed by atoms with Gasteiger partial charge in [-0.3, -0.25) is 19.3 Å². The highest BCUT2D eigenvalue weighted by atomic mass is 16.2. The number of hydrogen-bond acceptors (Lipinski definition) is 3.